The summed E-state index contributed by atoms with van der Waals surface area (Å²) in [6.45, 7) is 5.26. The van der Waals surface area contributed by atoms with Gasteiger partial charge in [0.05, 0.1) is 11.3 Å². The van der Waals surface area contributed by atoms with E-state index >= 15 is 0 Å². The molecule has 0 bridgehead atoms. The summed E-state index contributed by atoms with van der Waals surface area (Å²) in [5, 5.41) is 0. The molecule has 0 spiro atoms. The van der Waals surface area contributed by atoms with Crippen molar-refractivity contribution >= 4 is 17.7 Å². The molecule has 2 rings (SSSR count). The van der Waals surface area contributed by atoms with E-state index in [1.807, 2.05) is 0 Å². The molecule has 0 radical (unpaired) electrons. The molecule has 132 valence electrons. The van der Waals surface area contributed by atoms with E-state index in [-0.39, 0.29) is 5.56 Å². The molecule has 0 saturated carbocycles. The number of hydrogen-bond donors (Lipinski definition) is 0. The van der Waals surface area contributed by atoms with Crippen LogP contribution >= 0.6 is 0 Å². The molecule has 25 heavy (non-hydrogen) atoms. The molecule has 0 aromatic heterocycles. The van der Waals surface area contributed by atoms with Crippen molar-refractivity contribution in [2.75, 3.05) is 0 Å². The van der Waals surface area contributed by atoms with Gasteiger partial charge in [0.2, 0.25) is 0 Å². The fourth-order valence-electron chi connectivity index (χ4n) is 2.58. The quantitative estimate of drug-likeness (QED) is 0.400. The Morgan fingerprint density at radius 2 is 1.84 bits per heavy atom. The first kappa shape index (κ1) is 18.8. The highest BCUT2D eigenvalue weighted by Crippen LogP contribution is 2.33. The van der Waals surface area contributed by atoms with Gasteiger partial charge in [-0.1, -0.05) is 12.1 Å². The minimum absolute atomic E-state index is 0.271. The third-order valence-corrected chi connectivity index (χ3v) is 3.85. The largest absolute Gasteiger partial charge is 0.419 e. The summed E-state index contributed by atoms with van der Waals surface area (Å²) in [5.41, 5.74) is 0.831. The average molecular weight is 351 g/mol. The van der Waals surface area contributed by atoms with Crippen molar-refractivity contribution in [2.24, 2.45) is 4.99 Å². The topological polar surface area (TPSA) is 29.4 Å². The van der Waals surface area contributed by atoms with Gasteiger partial charge >= 0.3 is 6.18 Å². The fraction of sp³-hybridized carbons (Fsp3) is 0.263. The summed E-state index contributed by atoms with van der Waals surface area (Å²) in [5.74, 6) is -1.84. The minimum atomic E-state index is -4.80. The maximum Gasteiger partial charge on any atom is 0.419 e. The van der Waals surface area contributed by atoms with Crippen molar-refractivity contribution in [1.82, 2.24) is 0 Å². The smallest absolute Gasteiger partial charge is 0.294 e. The number of halogens is 4. The summed E-state index contributed by atoms with van der Waals surface area (Å²) >= 11 is 0. The summed E-state index contributed by atoms with van der Waals surface area (Å²) in [7, 11) is 0. The highest BCUT2D eigenvalue weighted by atomic mass is 19.4. The van der Waals surface area contributed by atoms with Crippen molar-refractivity contribution in [3.63, 3.8) is 0 Å². The lowest BCUT2D eigenvalue weighted by Crippen LogP contribution is -2.13. The number of hydrogen-bond acceptors (Lipinski definition) is 2. The van der Waals surface area contributed by atoms with Crippen LogP contribution in [0.1, 0.15) is 39.5 Å². The predicted octanol–water partition coefficient (Wildman–Crippen LogP) is 5.61. The van der Waals surface area contributed by atoms with Gasteiger partial charge in [-0.25, -0.2) is 4.39 Å². The van der Waals surface area contributed by atoms with Crippen molar-refractivity contribution in [3.8, 4) is 0 Å². The Hall–Kier alpha value is -2.50. The Kier molecular flexibility index (Phi) is 5.40. The van der Waals surface area contributed by atoms with Crippen LogP contribution in [0.3, 0.4) is 0 Å². The highest BCUT2D eigenvalue weighted by Gasteiger charge is 2.35. The number of ketones is 1. The van der Waals surface area contributed by atoms with Gasteiger partial charge in [-0.15, -0.1) is 0 Å². The van der Waals surface area contributed by atoms with Crippen LogP contribution in [0, 0.1) is 19.7 Å². The normalized spacial score (nSPS) is 12.0. The Morgan fingerprint density at radius 1 is 1.16 bits per heavy atom. The number of aryl methyl sites for hydroxylation is 2. The monoisotopic (exact) mass is 351 g/mol. The molecule has 0 unspecified atom stereocenters. The summed E-state index contributed by atoms with van der Waals surface area (Å²) in [4.78, 5) is 16.7. The Labute approximate surface area is 143 Å². The molecular weight excluding hydrogens is 334 g/mol. The van der Waals surface area contributed by atoms with Crippen molar-refractivity contribution in [2.45, 2.75) is 33.4 Å². The van der Waals surface area contributed by atoms with Gasteiger partial charge in [0.15, 0.2) is 5.78 Å². The maximum absolute atomic E-state index is 14.1. The molecule has 0 aliphatic carbocycles. The number of aliphatic imine (C=N–C) groups is 1. The highest BCUT2D eigenvalue weighted by molar-refractivity contribution is 5.99. The Morgan fingerprint density at radius 3 is 2.44 bits per heavy atom. The van der Waals surface area contributed by atoms with Gasteiger partial charge in [-0.05, 0) is 55.7 Å². The zero-order valence-corrected chi connectivity index (χ0v) is 14.0. The molecule has 0 saturated heterocycles. The fourth-order valence-corrected chi connectivity index (χ4v) is 2.58. The molecule has 0 fully saturated rings. The number of rotatable bonds is 4. The molecule has 0 atom stereocenters. The number of Topliss-reactive ketones (excluding diaryl/α,β-unsaturated/α-hetero) is 1. The van der Waals surface area contributed by atoms with E-state index in [1.54, 1.807) is 39.1 Å². The molecule has 2 aromatic rings. The van der Waals surface area contributed by atoms with E-state index in [2.05, 4.69) is 4.99 Å². The van der Waals surface area contributed by atoms with Gasteiger partial charge in [-0.3, -0.25) is 9.79 Å². The van der Waals surface area contributed by atoms with Crippen LogP contribution in [0.5, 0.6) is 0 Å². The van der Waals surface area contributed by atoms with Crippen LogP contribution in [0.15, 0.2) is 35.3 Å². The number of carbonyl (C=O) groups is 1. The van der Waals surface area contributed by atoms with E-state index in [4.69, 9.17) is 0 Å². The van der Waals surface area contributed by atoms with Gasteiger partial charge in [0, 0.05) is 18.2 Å². The van der Waals surface area contributed by atoms with Gasteiger partial charge in [-0.2, -0.15) is 13.2 Å². The van der Waals surface area contributed by atoms with Crippen LogP contribution in [0.25, 0.3) is 0 Å². The van der Waals surface area contributed by atoms with E-state index in [1.165, 1.54) is 6.07 Å². The zero-order chi connectivity index (χ0) is 18.8. The maximum atomic E-state index is 14.1. The zero-order valence-electron chi connectivity index (χ0n) is 14.0. The first-order chi connectivity index (χ1) is 11.6. The Balaban J connectivity index is 2.37. The van der Waals surface area contributed by atoms with Crippen molar-refractivity contribution in [3.05, 3.63) is 64.0 Å². The number of carbonyl (C=O) groups excluding carboxylic acids is 1. The lowest BCUT2D eigenvalue weighted by molar-refractivity contribution is -0.140. The van der Waals surface area contributed by atoms with Crippen LogP contribution < -0.4 is 0 Å². The molecular formula is C19H17F4NO. The average Bonchev–Trinajstić information content (AvgIpc) is 2.51. The van der Waals surface area contributed by atoms with E-state index in [0.717, 1.165) is 11.6 Å². The second-order valence-corrected chi connectivity index (χ2v) is 5.72. The SMILES string of the molecule is CC=Nc1cc(C)c(C(=O)Cc2cccc(C(F)(F)F)c2F)cc1C. The number of nitrogens with zero attached hydrogens (tertiary/aromatic N) is 1. The number of benzene rings is 2. The van der Waals surface area contributed by atoms with E-state index < -0.39 is 29.8 Å². The summed E-state index contributed by atoms with van der Waals surface area (Å²) in [6.07, 6.45) is -3.61. The van der Waals surface area contributed by atoms with Crippen LogP contribution in [0.4, 0.5) is 23.2 Å². The van der Waals surface area contributed by atoms with Crippen molar-refractivity contribution in [1.29, 1.82) is 0 Å². The van der Waals surface area contributed by atoms with Gasteiger partial charge < -0.3 is 0 Å². The Bertz CT molecular complexity index is 838. The van der Waals surface area contributed by atoms with Crippen LogP contribution in [0.2, 0.25) is 0 Å². The van der Waals surface area contributed by atoms with Crippen molar-refractivity contribution < 1.29 is 22.4 Å². The standard InChI is InChI=1S/C19H17F4NO/c1-4-24-16-9-11(2)14(8-12(16)3)17(25)10-13-6-5-7-15(18(13)20)19(21,22)23/h4-9H,10H2,1-3H3. The number of alkyl halides is 3. The first-order valence-electron chi connectivity index (χ1n) is 7.63. The molecule has 6 heteroatoms. The lowest BCUT2D eigenvalue weighted by Gasteiger charge is -2.12. The van der Waals surface area contributed by atoms with Crippen LogP contribution in [-0.2, 0) is 12.6 Å². The van der Waals surface area contributed by atoms with Crippen LogP contribution in [-0.4, -0.2) is 12.0 Å². The summed E-state index contributed by atoms with van der Waals surface area (Å²) in [6, 6.07) is 6.32. The van der Waals surface area contributed by atoms with E-state index in [0.29, 0.717) is 22.9 Å². The second-order valence-electron chi connectivity index (χ2n) is 5.72. The molecule has 2 aromatic carbocycles. The molecule has 2 nitrogen and oxygen atoms in total. The third kappa shape index (κ3) is 4.13. The van der Waals surface area contributed by atoms with Gasteiger partial charge in [0.25, 0.3) is 0 Å². The minimum Gasteiger partial charge on any atom is -0.294 e. The van der Waals surface area contributed by atoms with E-state index in [9.17, 15) is 22.4 Å². The van der Waals surface area contributed by atoms with Gasteiger partial charge in [0.1, 0.15) is 5.82 Å². The predicted molar refractivity (Wildman–Crippen MR) is 89.2 cm³/mol. The summed E-state index contributed by atoms with van der Waals surface area (Å²) < 4.78 is 52.5. The second kappa shape index (κ2) is 7.17. The molecule has 0 heterocycles. The lowest BCUT2D eigenvalue weighted by atomic mass is 9.95. The molecule has 0 aliphatic heterocycles. The molecule has 0 N–H and O–H groups in total. The first-order valence-corrected chi connectivity index (χ1v) is 7.63. The molecule has 0 aliphatic rings. The third-order valence-electron chi connectivity index (χ3n) is 3.85. The molecule has 0 amide bonds.